The van der Waals surface area contributed by atoms with E-state index in [1.54, 1.807) is 43.0 Å². The van der Waals surface area contributed by atoms with Crippen molar-refractivity contribution in [1.82, 2.24) is 25.5 Å². The Morgan fingerprint density at radius 2 is 1.85 bits per heavy atom. The molecular formula is C18H23N5O3S. The number of aromatic nitrogens is 2. The average Bonchev–Trinajstić information content (AvgIpc) is 2.94. The molecule has 0 saturated heterocycles. The molecule has 0 unspecified atom stereocenters. The number of carbonyl (C=O) groups is 3. The monoisotopic (exact) mass is 389 g/mol. The molecule has 0 radical (unpaired) electrons. The Bertz CT molecular complexity index is 847. The topological polar surface area (TPSA) is 96.3 Å². The average molecular weight is 389 g/mol. The highest BCUT2D eigenvalue weighted by atomic mass is 32.2. The second-order valence-electron chi connectivity index (χ2n) is 6.16. The van der Waals surface area contributed by atoms with Gasteiger partial charge >= 0.3 is 0 Å². The summed E-state index contributed by atoms with van der Waals surface area (Å²) in [5.41, 5.74) is 6.87. The molecule has 2 aromatic rings. The van der Waals surface area contributed by atoms with Gasteiger partial charge in [0, 0.05) is 24.7 Å². The highest BCUT2D eigenvalue weighted by Crippen LogP contribution is 2.22. The third-order valence-electron chi connectivity index (χ3n) is 3.69. The van der Waals surface area contributed by atoms with Gasteiger partial charge in [-0.05, 0) is 32.0 Å². The van der Waals surface area contributed by atoms with Crippen LogP contribution in [0.2, 0.25) is 0 Å². The summed E-state index contributed by atoms with van der Waals surface area (Å²) in [5, 5.41) is 4.21. The minimum absolute atomic E-state index is 0.00763. The van der Waals surface area contributed by atoms with E-state index in [2.05, 4.69) is 16.0 Å². The Balaban J connectivity index is 1.94. The number of carbonyl (C=O) groups excluding carboxylic acids is 3. The van der Waals surface area contributed by atoms with Crippen molar-refractivity contribution in [2.75, 3.05) is 19.8 Å². The first-order chi connectivity index (χ1) is 12.8. The van der Waals surface area contributed by atoms with Gasteiger partial charge < -0.3 is 4.90 Å². The first-order valence-electron chi connectivity index (χ1n) is 8.30. The highest BCUT2D eigenvalue weighted by Gasteiger charge is 2.14. The Labute approximate surface area is 162 Å². The summed E-state index contributed by atoms with van der Waals surface area (Å²) < 4.78 is 1.56. The summed E-state index contributed by atoms with van der Waals surface area (Å²) in [6, 6.07) is 8.80. The molecule has 0 aliphatic heterocycles. The van der Waals surface area contributed by atoms with Crippen molar-refractivity contribution < 1.29 is 14.4 Å². The summed E-state index contributed by atoms with van der Waals surface area (Å²) >= 11 is 1.27. The van der Waals surface area contributed by atoms with Crippen LogP contribution >= 0.6 is 11.8 Å². The Morgan fingerprint density at radius 1 is 1.15 bits per heavy atom. The Kier molecular flexibility index (Phi) is 7.00. The fraction of sp³-hybridized carbons (Fsp3) is 0.333. The van der Waals surface area contributed by atoms with Crippen LogP contribution in [0.15, 0.2) is 35.2 Å². The normalized spacial score (nSPS) is 10.4. The Morgan fingerprint density at radius 3 is 2.48 bits per heavy atom. The lowest BCUT2D eigenvalue weighted by atomic mass is 10.2. The zero-order chi connectivity index (χ0) is 20.0. The van der Waals surface area contributed by atoms with Gasteiger partial charge in [-0.3, -0.25) is 29.9 Å². The van der Waals surface area contributed by atoms with Crippen LogP contribution in [-0.2, 0) is 16.1 Å². The summed E-state index contributed by atoms with van der Waals surface area (Å²) in [5.74, 6) is -0.658. The molecule has 0 aliphatic carbocycles. The largest absolute Gasteiger partial charge is 0.348 e. The summed E-state index contributed by atoms with van der Waals surface area (Å²) in [6.45, 7) is 3.71. The molecule has 27 heavy (non-hydrogen) atoms. The fourth-order valence-corrected chi connectivity index (χ4v) is 3.28. The van der Waals surface area contributed by atoms with Crippen molar-refractivity contribution in [1.29, 1.82) is 0 Å². The second-order valence-corrected chi connectivity index (χ2v) is 7.18. The third-order valence-corrected chi connectivity index (χ3v) is 4.75. The molecule has 0 bridgehead atoms. The summed E-state index contributed by atoms with van der Waals surface area (Å²) in [4.78, 5) is 38.4. The molecule has 3 amide bonds. The summed E-state index contributed by atoms with van der Waals surface area (Å²) in [7, 11) is 3.36. The van der Waals surface area contributed by atoms with Gasteiger partial charge in [0.05, 0.1) is 17.0 Å². The highest BCUT2D eigenvalue weighted by molar-refractivity contribution is 8.00. The number of hydrogen-bond donors (Lipinski definition) is 2. The van der Waals surface area contributed by atoms with E-state index in [4.69, 9.17) is 0 Å². The lowest BCUT2D eigenvalue weighted by Gasteiger charge is -2.13. The van der Waals surface area contributed by atoms with E-state index in [0.717, 1.165) is 11.4 Å². The first kappa shape index (κ1) is 20.5. The number of nitrogens with one attached hydrogen (secondary N) is 2. The molecule has 0 aliphatic rings. The molecule has 0 fully saturated rings. The van der Waals surface area contributed by atoms with Crippen LogP contribution in [0.1, 0.15) is 21.7 Å². The van der Waals surface area contributed by atoms with Crippen molar-refractivity contribution >= 4 is 29.5 Å². The SMILES string of the molecule is Cc1cc(C)n(CC(=O)NNC(=O)c2ccccc2SCC(=O)N(C)C)n1. The van der Waals surface area contributed by atoms with Crippen molar-refractivity contribution in [3.63, 3.8) is 0 Å². The maximum Gasteiger partial charge on any atom is 0.270 e. The first-order valence-corrected chi connectivity index (χ1v) is 9.28. The van der Waals surface area contributed by atoms with Crippen LogP contribution in [0.25, 0.3) is 0 Å². The zero-order valence-corrected chi connectivity index (χ0v) is 16.6. The number of hydrazine groups is 1. The molecule has 1 heterocycles. The third kappa shape index (κ3) is 5.85. The molecule has 8 nitrogen and oxygen atoms in total. The lowest BCUT2D eigenvalue weighted by molar-refractivity contribution is -0.126. The molecule has 0 saturated carbocycles. The quantitative estimate of drug-likeness (QED) is 0.571. The maximum atomic E-state index is 12.4. The maximum absolute atomic E-state index is 12.4. The molecule has 2 rings (SSSR count). The van der Waals surface area contributed by atoms with E-state index in [1.807, 2.05) is 19.9 Å². The molecule has 0 spiro atoms. The van der Waals surface area contributed by atoms with Gasteiger partial charge in [0.1, 0.15) is 6.54 Å². The molecule has 0 atom stereocenters. The number of aryl methyl sites for hydroxylation is 2. The van der Waals surface area contributed by atoms with Crippen molar-refractivity contribution in [2.45, 2.75) is 25.3 Å². The van der Waals surface area contributed by atoms with E-state index in [9.17, 15) is 14.4 Å². The van der Waals surface area contributed by atoms with E-state index in [0.29, 0.717) is 10.5 Å². The van der Waals surface area contributed by atoms with E-state index in [1.165, 1.54) is 16.7 Å². The van der Waals surface area contributed by atoms with Crippen LogP contribution in [0.3, 0.4) is 0 Å². The van der Waals surface area contributed by atoms with Gasteiger partial charge in [0.15, 0.2) is 0 Å². The Hall–Kier alpha value is -2.81. The predicted molar refractivity (Wildman–Crippen MR) is 103 cm³/mol. The van der Waals surface area contributed by atoms with Crippen LogP contribution in [0.4, 0.5) is 0 Å². The van der Waals surface area contributed by atoms with Crippen LogP contribution in [0.5, 0.6) is 0 Å². The number of hydrogen-bond acceptors (Lipinski definition) is 5. The van der Waals surface area contributed by atoms with Crippen molar-refractivity contribution in [2.24, 2.45) is 0 Å². The second kappa shape index (κ2) is 9.22. The molecule has 1 aromatic carbocycles. The number of thioether (sulfide) groups is 1. The van der Waals surface area contributed by atoms with Crippen LogP contribution < -0.4 is 10.9 Å². The van der Waals surface area contributed by atoms with E-state index in [-0.39, 0.29) is 24.1 Å². The zero-order valence-electron chi connectivity index (χ0n) is 15.8. The van der Waals surface area contributed by atoms with Gasteiger partial charge in [0.25, 0.3) is 11.8 Å². The van der Waals surface area contributed by atoms with E-state index >= 15 is 0 Å². The predicted octanol–water partition coefficient (Wildman–Crippen LogP) is 1.14. The van der Waals surface area contributed by atoms with Gasteiger partial charge in [-0.2, -0.15) is 5.10 Å². The lowest BCUT2D eigenvalue weighted by Crippen LogP contribution is -2.43. The van der Waals surface area contributed by atoms with Gasteiger partial charge in [-0.25, -0.2) is 0 Å². The van der Waals surface area contributed by atoms with Gasteiger partial charge in [-0.15, -0.1) is 11.8 Å². The van der Waals surface area contributed by atoms with Crippen molar-refractivity contribution in [3.8, 4) is 0 Å². The molecular weight excluding hydrogens is 366 g/mol. The smallest absolute Gasteiger partial charge is 0.270 e. The minimum Gasteiger partial charge on any atom is -0.348 e. The minimum atomic E-state index is -0.447. The number of rotatable bonds is 6. The van der Waals surface area contributed by atoms with Crippen LogP contribution in [0, 0.1) is 13.8 Å². The molecule has 2 N–H and O–H groups in total. The summed E-state index contributed by atoms with van der Waals surface area (Å²) in [6.07, 6.45) is 0. The number of nitrogens with zero attached hydrogens (tertiary/aromatic N) is 3. The van der Waals surface area contributed by atoms with Gasteiger partial charge in [-0.1, -0.05) is 12.1 Å². The number of amides is 3. The fourth-order valence-electron chi connectivity index (χ4n) is 2.25. The standard InChI is InChI=1S/C18H23N5O3S/c1-12-9-13(2)23(21-12)10-16(24)19-20-18(26)14-7-5-6-8-15(14)27-11-17(25)22(3)4/h5-9H,10-11H2,1-4H3,(H,19,24)(H,20,26). The molecule has 1 aromatic heterocycles. The number of benzene rings is 1. The molecule has 144 valence electrons. The molecule has 9 heteroatoms. The van der Waals surface area contributed by atoms with Crippen molar-refractivity contribution in [3.05, 3.63) is 47.3 Å². The van der Waals surface area contributed by atoms with Gasteiger partial charge in [0.2, 0.25) is 5.91 Å². The van der Waals surface area contributed by atoms with E-state index < -0.39 is 5.91 Å². The van der Waals surface area contributed by atoms with Crippen LogP contribution in [-0.4, -0.2) is 52.3 Å².